The summed E-state index contributed by atoms with van der Waals surface area (Å²) in [6, 6.07) is 0. The number of carbonyl (C=O) groups is 1. The Morgan fingerprint density at radius 1 is 1.24 bits per heavy atom. The summed E-state index contributed by atoms with van der Waals surface area (Å²) >= 11 is 0. The molecule has 4 heteroatoms. The van der Waals surface area contributed by atoms with Gasteiger partial charge in [0, 0.05) is 17.3 Å². The minimum atomic E-state index is -0.378. The summed E-state index contributed by atoms with van der Waals surface area (Å²) in [5.74, 6) is 5.88. The number of hydrazine groups is 1. The fourth-order valence-electron chi connectivity index (χ4n) is 1.64. The Morgan fingerprint density at radius 2 is 1.65 bits per heavy atom. The van der Waals surface area contributed by atoms with Crippen LogP contribution in [-0.2, 0) is 4.79 Å². The van der Waals surface area contributed by atoms with Crippen molar-refractivity contribution >= 4 is 6.29 Å². The first-order valence-electron chi connectivity index (χ1n) is 6.05. The number of allylic oxidation sites excluding steroid dienone is 1. The molecule has 0 bridgehead atoms. The molecular formula is C13H29N3O. The molecule has 0 aromatic carbocycles. The molecule has 0 aliphatic heterocycles. The molecular weight excluding hydrogens is 214 g/mol. The van der Waals surface area contributed by atoms with Crippen LogP contribution in [0.4, 0.5) is 0 Å². The number of aldehydes is 1. The highest BCUT2D eigenvalue weighted by Gasteiger charge is 2.31. The van der Waals surface area contributed by atoms with Crippen molar-refractivity contribution in [2.45, 2.75) is 60.4 Å². The molecule has 0 heterocycles. The molecule has 4 N–H and O–H groups in total. The molecule has 0 saturated carbocycles. The molecule has 0 unspecified atom stereocenters. The third kappa shape index (κ3) is 7.80. The second kappa shape index (κ2) is 7.33. The smallest absolute Gasteiger partial charge is 0.125 e. The third-order valence-electron chi connectivity index (χ3n) is 2.25. The van der Waals surface area contributed by atoms with E-state index in [2.05, 4.69) is 0 Å². The van der Waals surface area contributed by atoms with Crippen LogP contribution >= 0.6 is 0 Å². The molecule has 0 spiro atoms. The number of hydrogen-bond acceptors (Lipinski definition) is 4. The van der Waals surface area contributed by atoms with Crippen LogP contribution < -0.4 is 11.6 Å². The zero-order valence-electron chi connectivity index (χ0n) is 12.4. The third-order valence-corrected chi connectivity index (χ3v) is 2.25. The first-order chi connectivity index (χ1) is 7.60. The van der Waals surface area contributed by atoms with Gasteiger partial charge < -0.3 is 15.5 Å². The van der Waals surface area contributed by atoms with E-state index >= 15 is 0 Å². The van der Waals surface area contributed by atoms with Crippen molar-refractivity contribution in [3.8, 4) is 0 Å². The second-order valence-corrected chi connectivity index (χ2v) is 5.38. The maximum Gasteiger partial charge on any atom is 0.125 e. The van der Waals surface area contributed by atoms with E-state index in [4.69, 9.17) is 11.6 Å². The SMILES string of the molecule is C/C(N)=C/N(N)C(C)(C)CC(C)(C)C=O.CC. The Labute approximate surface area is 106 Å². The summed E-state index contributed by atoms with van der Waals surface area (Å²) < 4.78 is 0. The highest BCUT2D eigenvalue weighted by Crippen LogP contribution is 2.28. The highest BCUT2D eigenvalue weighted by atomic mass is 16.1. The van der Waals surface area contributed by atoms with Gasteiger partial charge >= 0.3 is 0 Å². The topological polar surface area (TPSA) is 72.3 Å². The minimum Gasteiger partial charge on any atom is -0.401 e. The van der Waals surface area contributed by atoms with E-state index < -0.39 is 0 Å². The van der Waals surface area contributed by atoms with Crippen molar-refractivity contribution in [1.29, 1.82) is 0 Å². The van der Waals surface area contributed by atoms with Gasteiger partial charge in [0.05, 0.1) is 5.54 Å². The van der Waals surface area contributed by atoms with Crippen molar-refractivity contribution in [2.24, 2.45) is 17.0 Å². The predicted molar refractivity (Wildman–Crippen MR) is 73.9 cm³/mol. The van der Waals surface area contributed by atoms with Crippen molar-refractivity contribution in [3.05, 3.63) is 11.9 Å². The minimum absolute atomic E-state index is 0.301. The molecule has 102 valence electrons. The lowest BCUT2D eigenvalue weighted by atomic mass is 9.81. The number of hydrogen-bond donors (Lipinski definition) is 2. The molecule has 0 aromatic heterocycles. The van der Waals surface area contributed by atoms with Gasteiger partial charge in [-0.2, -0.15) is 0 Å². The molecule has 0 amide bonds. The van der Waals surface area contributed by atoms with Gasteiger partial charge in [-0.1, -0.05) is 27.7 Å². The summed E-state index contributed by atoms with van der Waals surface area (Å²) in [7, 11) is 0. The molecule has 4 nitrogen and oxygen atoms in total. The Hall–Kier alpha value is -1.03. The fourth-order valence-corrected chi connectivity index (χ4v) is 1.64. The molecule has 0 atom stereocenters. The van der Waals surface area contributed by atoms with E-state index in [1.54, 1.807) is 18.1 Å². The molecule has 0 fully saturated rings. The Morgan fingerprint density at radius 3 is 1.94 bits per heavy atom. The van der Waals surface area contributed by atoms with Crippen LogP contribution in [0.1, 0.15) is 54.9 Å². The van der Waals surface area contributed by atoms with Gasteiger partial charge in [0.1, 0.15) is 6.29 Å². The molecule has 0 aliphatic carbocycles. The van der Waals surface area contributed by atoms with Crippen molar-refractivity contribution in [2.75, 3.05) is 0 Å². The first kappa shape index (κ1) is 18.3. The lowest BCUT2D eigenvalue weighted by Gasteiger charge is -2.38. The number of nitrogens with zero attached hydrogens (tertiary/aromatic N) is 1. The first-order valence-corrected chi connectivity index (χ1v) is 6.05. The lowest BCUT2D eigenvalue weighted by Crippen LogP contribution is -2.48. The van der Waals surface area contributed by atoms with Gasteiger partial charge in [-0.05, 0) is 27.2 Å². The van der Waals surface area contributed by atoms with Gasteiger partial charge in [-0.25, -0.2) is 5.84 Å². The summed E-state index contributed by atoms with van der Waals surface area (Å²) in [6.07, 6.45) is 3.31. The van der Waals surface area contributed by atoms with Crippen LogP contribution in [0.3, 0.4) is 0 Å². The van der Waals surface area contributed by atoms with E-state index in [-0.39, 0.29) is 11.0 Å². The highest BCUT2D eigenvalue weighted by molar-refractivity contribution is 5.58. The van der Waals surface area contributed by atoms with Crippen LogP contribution in [0.15, 0.2) is 11.9 Å². The summed E-state index contributed by atoms with van der Waals surface area (Å²) in [5, 5.41) is 1.56. The van der Waals surface area contributed by atoms with E-state index in [1.807, 2.05) is 41.5 Å². The van der Waals surface area contributed by atoms with E-state index in [9.17, 15) is 4.79 Å². The van der Waals surface area contributed by atoms with Gasteiger partial charge in [-0.3, -0.25) is 0 Å². The van der Waals surface area contributed by atoms with Gasteiger partial charge in [0.25, 0.3) is 0 Å². The quantitative estimate of drug-likeness (QED) is 0.442. The molecule has 0 aliphatic rings. The van der Waals surface area contributed by atoms with Gasteiger partial charge in [0.2, 0.25) is 0 Å². The fraction of sp³-hybridized carbons (Fsp3) is 0.769. The lowest BCUT2D eigenvalue weighted by molar-refractivity contribution is -0.116. The van der Waals surface area contributed by atoms with Crippen molar-refractivity contribution in [3.63, 3.8) is 0 Å². The second-order valence-electron chi connectivity index (χ2n) is 5.38. The molecule has 0 aromatic rings. The van der Waals surface area contributed by atoms with Crippen LogP contribution in [0.5, 0.6) is 0 Å². The van der Waals surface area contributed by atoms with E-state index in [0.29, 0.717) is 12.1 Å². The Balaban J connectivity index is 0. The normalized spacial score (nSPS) is 12.6. The summed E-state index contributed by atoms with van der Waals surface area (Å²) in [5.41, 5.74) is 5.53. The van der Waals surface area contributed by atoms with Crippen LogP contribution in [0.25, 0.3) is 0 Å². The van der Waals surface area contributed by atoms with Crippen LogP contribution in [-0.4, -0.2) is 16.8 Å². The maximum absolute atomic E-state index is 10.8. The average Bonchev–Trinajstić information content (AvgIpc) is 2.18. The monoisotopic (exact) mass is 243 g/mol. The van der Waals surface area contributed by atoms with Crippen LogP contribution in [0.2, 0.25) is 0 Å². The van der Waals surface area contributed by atoms with Crippen molar-refractivity contribution in [1.82, 2.24) is 5.01 Å². The average molecular weight is 243 g/mol. The zero-order chi connectivity index (χ0) is 14.3. The van der Waals surface area contributed by atoms with Gasteiger partial charge in [0.15, 0.2) is 0 Å². The summed E-state index contributed by atoms with van der Waals surface area (Å²) in [6.45, 7) is 13.5. The van der Waals surface area contributed by atoms with Crippen LogP contribution in [0, 0.1) is 5.41 Å². The predicted octanol–water partition coefficient (Wildman–Crippen LogP) is 2.40. The summed E-state index contributed by atoms with van der Waals surface area (Å²) in [4.78, 5) is 10.8. The van der Waals surface area contributed by atoms with E-state index in [0.717, 1.165) is 6.29 Å². The molecule has 17 heavy (non-hydrogen) atoms. The molecule has 0 saturated heterocycles. The van der Waals surface area contributed by atoms with Gasteiger partial charge in [-0.15, -0.1) is 0 Å². The molecule has 0 rings (SSSR count). The van der Waals surface area contributed by atoms with Crippen molar-refractivity contribution < 1.29 is 4.79 Å². The Kier molecular flexibility index (Phi) is 7.90. The maximum atomic E-state index is 10.8. The largest absolute Gasteiger partial charge is 0.401 e. The Bertz CT molecular complexity index is 253. The number of nitrogens with two attached hydrogens (primary N) is 2. The number of rotatable bonds is 5. The molecule has 0 radical (unpaired) electrons. The standard InChI is InChI=1S/C11H23N3O.C2H6/c1-9(12)6-14(13)11(4,5)7-10(2,3)8-15;1-2/h6,8H,7,12-13H2,1-5H3;1-2H3/b9-6-;. The number of carbonyl (C=O) groups excluding carboxylic acids is 1. The van der Waals surface area contributed by atoms with E-state index in [1.165, 1.54) is 0 Å². The zero-order valence-corrected chi connectivity index (χ0v) is 12.4.